The molecule has 0 fully saturated rings. The molecule has 1 aromatic heterocycles. The summed E-state index contributed by atoms with van der Waals surface area (Å²) in [5.41, 5.74) is 17.7. The van der Waals surface area contributed by atoms with Gasteiger partial charge in [0.1, 0.15) is 11.6 Å². The van der Waals surface area contributed by atoms with Crippen LogP contribution in [0.25, 0.3) is 0 Å². The van der Waals surface area contributed by atoms with Crippen LogP contribution in [0, 0.1) is 0 Å². The van der Waals surface area contributed by atoms with Gasteiger partial charge in [-0.3, -0.25) is 9.59 Å². The average Bonchev–Trinajstić information content (AvgIpc) is 2.86. The predicted octanol–water partition coefficient (Wildman–Crippen LogP) is 0.142. The van der Waals surface area contributed by atoms with E-state index in [1.807, 2.05) is 0 Å². The average molecular weight is 482 g/mol. The molecule has 1 atom stereocenters. The molecule has 12 nitrogen and oxygen atoms in total. The number of pyridine rings is 1. The molecule has 3 aromatic rings. The number of nitrogens with zero attached hydrogens (tertiary/aromatic N) is 1. The van der Waals surface area contributed by atoms with Gasteiger partial charge in [-0.1, -0.05) is 30.3 Å². The van der Waals surface area contributed by atoms with E-state index in [1.54, 1.807) is 54.6 Å². The lowest BCUT2D eigenvalue weighted by Gasteiger charge is -2.08. The summed E-state index contributed by atoms with van der Waals surface area (Å²) in [4.78, 5) is 38.4. The van der Waals surface area contributed by atoms with E-state index in [4.69, 9.17) is 32.2 Å². The Balaban J connectivity index is 0.000000269. The number of aliphatic hydroxyl groups excluding tert-OH is 2. The molecule has 0 aliphatic carbocycles. The van der Waals surface area contributed by atoms with Crippen LogP contribution >= 0.6 is 0 Å². The van der Waals surface area contributed by atoms with Crippen LogP contribution in [0.1, 0.15) is 10.4 Å². The van der Waals surface area contributed by atoms with Crippen LogP contribution < -0.4 is 32.6 Å². The largest absolute Gasteiger partial charge is 0.422 e. The minimum Gasteiger partial charge on any atom is -0.422 e. The van der Waals surface area contributed by atoms with Crippen molar-refractivity contribution in [3.05, 3.63) is 72.3 Å². The van der Waals surface area contributed by atoms with Crippen molar-refractivity contribution in [3.63, 3.8) is 0 Å². The van der Waals surface area contributed by atoms with Gasteiger partial charge in [0.05, 0.1) is 24.5 Å². The van der Waals surface area contributed by atoms with E-state index in [0.717, 1.165) is 0 Å². The van der Waals surface area contributed by atoms with Crippen molar-refractivity contribution in [1.82, 2.24) is 10.3 Å². The summed E-state index contributed by atoms with van der Waals surface area (Å²) in [6.07, 6.45) is -1.53. The third-order valence-corrected chi connectivity index (χ3v) is 4.24. The summed E-state index contributed by atoms with van der Waals surface area (Å²) in [5.74, 6) is -1.07. The number of aliphatic hydroxyl groups is 2. The molecule has 0 bridgehead atoms. The summed E-state index contributed by atoms with van der Waals surface area (Å²) in [6, 6.07) is 18.1. The molecule has 0 radical (unpaired) electrons. The van der Waals surface area contributed by atoms with Gasteiger partial charge in [0, 0.05) is 5.56 Å². The molecular weight excluding hydrogens is 456 g/mol. The number of benzene rings is 2. The summed E-state index contributed by atoms with van der Waals surface area (Å²) in [5, 5.41) is 22.4. The third-order valence-electron chi connectivity index (χ3n) is 4.24. The molecule has 1 unspecified atom stereocenters. The Kier molecular flexibility index (Phi) is 9.97. The minimum absolute atomic E-state index is 0.140. The summed E-state index contributed by atoms with van der Waals surface area (Å²) in [7, 11) is 0. The highest BCUT2D eigenvalue weighted by Crippen LogP contribution is 2.20. The number of amides is 2. The molecule has 2 aromatic carbocycles. The van der Waals surface area contributed by atoms with Crippen LogP contribution in [0.4, 0.5) is 23.0 Å². The first-order valence-corrected chi connectivity index (χ1v) is 10.2. The zero-order chi connectivity index (χ0) is 25.8. The summed E-state index contributed by atoms with van der Waals surface area (Å²) < 4.78 is 4.72. The van der Waals surface area contributed by atoms with E-state index in [1.165, 1.54) is 12.1 Å². The Bertz CT molecular complexity index is 1160. The van der Waals surface area contributed by atoms with Crippen molar-refractivity contribution in [2.24, 2.45) is 0 Å². The maximum Gasteiger partial charge on any atom is 0.342 e. The van der Waals surface area contributed by atoms with Gasteiger partial charge in [-0.05, 0) is 36.4 Å². The summed E-state index contributed by atoms with van der Waals surface area (Å²) >= 11 is 0. The number of carbonyl (C=O) groups excluding carboxylic acids is 3. The Morgan fingerprint density at radius 3 is 2.20 bits per heavy atom. The monoisotopic (exact) mass is 482 g/mol. The first kappa shape index (κ1) is 26.6. The second-order valence-electron chi connectivity index (χ2n) is 6.93. The highest BCUT2D eigenvalue weighted by Gasteiger charge is 2.16. The summed E-state index contributed by atoms with van der Waals surface area (Å²) in [6.45, 7) is -0.842. The lowest BCUT2D eigenvalue weighted by atomic mass is 10.2. The third kappa shape index (κ3) is 8.64. The number of rotatable bonds is 7. The number of nitrogen functional groups attached to an aromatic ring is 3. The predicted molar refractivity (Wildman–Crippen MR) is 130 cm³/mol. The van der Waals surface area contributed by atoms with Crippen LogP contribution in [0.3, 0.4) is 0 Å². The number of anilines is 4. The van der Waals surface area contributed by atoms with Crippen LogP contribution in [0.2, 0.25) is 0 Å². The Labute approximate surface area is 200 Å². The van der Waals surface area contributed by atoms with Crippen molar-refractivity contribution in [2.45, 2.75) is 6.10 Å². The molecule has 1 heterocycles. The fourth-order valence-corrected chi connectivity index (χ4v) is 2.42. The normalized spacial score (nSPS) is 10.8. The molecule has 0 spiro atoms. The van der Waals surface area contributed by atoms with Gasteiger partial charge in [-0.2, -0.15) is 0 Å². The standard InChI is InChI=1S/C14H15N5O2.C9H11NO4/c15-10-6-7-11(19-13(10)16)18-12(20)8-17-14(21)9-4-2-1-3-5-9;10-6-3-1-2-4-8(6)14-9(13)7(12)5-11/h1-7H,8,15H2,(H,17,21)(H3,16,18,19,20);1-4,7,11-12H,5,10H2. The fourth-order valence-electron chi connectivity index (χ4n) is 2.42. The molecular formula is C23H26N6O6. The fraction of sp³-hybridized carbons (Fsp3) is 0.130. The van der Waals surface area contributed by atoms with Gasteiger partial charge < -0.3 is 42.8 Å². The van der Waals surface area contributed by atoms with Crippen molar-refractivity contribution in [2.75, 3.05) is 35.7 Å². The van der Waals surface area contributed by atoms with Gasteiger partial charge in [-0.15, -0.1) is 0 Å². The molecule has 0 aliphatic rings. The zero-order valence-electron chi connectivity index (χ0n) is 18.5. The zero-order valence-corrected chi connectivity index (χ0v) is 18.5. The van der Waals surface area contributed by atoms with Gasteiger partial charge in [0.25, 0.3) is 5.91 Å². The second-order valence-corrected chi connectivity index (χ2v) is 6.93. The van der Waals surface area contributed by atoms with Crippen molar-refractivity contribution < 1.29 is 29.3 Å². The van der Waals surface area contributed by atoms with Crippen molar-refractivity contribution in [3.8, 4) is 5.75 Å². The quantitative estimate of drug-likeness (QED) is 0.137. The molecule has 0 saturated heterocycles. The first-order chi connectivity index (χ1) is 16.7. The number of aromatic nitrogens is 1. The maximum atomic E-state index is 11.8. The van der Waals surface area contributed by atoms with Gasteiger partial charge in [-0.25, -0.2) is 9.78 Å². The lowest BCUT2D eigenvalue weighted by Crippen LogP contribution is -2.33. The van der Waals surface area contributed by atoms with E-state index in [0.29, 0.717) is 16.9 Å². The van der Waals surface area contributed by atoms with Crippen molar-refractivity contribution >= 4 is 40.8 Å². The van der Waals surface area contributed by atoms with Gasteiger partial charge in [0.15, 0.2) is 11.9 Å². The topological polar surface area (TPSA) is 216 Å². The number of ether oxygens (including phenoxy) is 1. The van der Waals surface area contributed by atoms with Crippen molar-refractivity contribution in [1.29, 1.82) is 0 Å². The van der Waals surface area contributed by atoms with E-state index in [-0.39, 0.29) is 29.8 Å². The molecule has 0 aliphatic heterocycles. The number of carbonyl (C=O) groups is 3. The number of para-hydroxylation sites is 2. The lowest BCUT2D eigenvalue weighted by molar-refractivity contribution is -0.145. The van der Waals surface area contributed by atoms with Gasteiger partial charge in [0.2, 0.25) is 5.91 Å². The number of esters is 1. The molecule has 3 rings (SSSR count). The van der Waals surface area contributed by atoms with E-state index >= 15 is 0 Å². The highest BCUT2D eigenvalue weighted by molar-refractivity contribution is 5.99. The highest BCUT2D eigenvalue weighted by atomic mass is 16.6. The van der Waals surface area contributed by atoms with E-state index < -0.39 is 24.6 Å². The number of nitrogens with two attached hydrogens (primary N) is 3. The number of hydrogen-bond donors (Lipinski definition) is 7. The number of nitrogens with one attached hydrogen (secondary N) is 2. The molecule has 10 N–H and O–H groups in total. The van der Waals surface area contributed by atoms with Crippen LogP contribution in [0.15, 0.2) is 66.7 Å². The molecule has 0 saturated carbocycles. The Morgan fingerprint density at radius 2 is 1.57 bits per heavy atom. The molecule has 2 amide bonds. The van der Waals surface area contributed by atoms with Gasteiger partial charge >= 0.3 is 5.97 Å². The first-order valence-electron chi connectivity index (χ1n) is 10.2. The number of hydrogen-bond acceptors (Lipinski definition) is 10. The Morgan fingerprint density at radius 1 is 0.914 bits per heavy atom. The SMILES string of the molecule is Nc1ccc(NC(=O)CNC(=O)c2ccccc2)nc1N.Nc1ccccc1OC(=O)C(O)CO. The molecule has 12 heteroatoms. The molecule has 35 heavy (non-hydrogen) atoms. The van der Waals surface area contributed by atoms with E-state index in [2.05, 4.69) is 15.6 Å². The Hall–Kier alpha value is -4.68. The smallest absolute Gasteiger partial charge is 0.342 e. The van der Waals surface area contributed by atoms with E-state index in [9.17, 15) is 14.4 Å². The van der Waals surface area contributed by atoms with Crippen LogP contribution in [-0.2, 0) is 9.59 Å². The van der Waals surface area contributed by atoms with Crippen LogP contribution in [0.5, 0.6) is 5.75 Å². The second kappa shape index (κ2) is 13.1. The maximum absolute atomic E-state index is 11.8. The van der Waals surface area contributed by atoms with Crippen LogP contribution in [-0.4, -0.2) is 52.2 Å². The molecule has 184 valence electrons. The minimum atomic E-state index is -1.53.